The maximum atomic E-state index is 12.7. The van der Waals surface area contributed by atoms with E-state index in [1.54, 1.807) is 17.0 Å². The molecule has 3 aromatic rings. The van der Waals surface area contributed by atoms with E-state index in [4.69, 9.17) is 4.74 Å². The lowest BCUT2D eigenvalue weighted by Gasteiger charge is -2.35. The molecule has 152 valence electrons. The summed E-state index contributed by atoms with van der Waals surface area (Å²) in [5, 5.41) is 10.9. The van der Waals surface area contributed by atoms with E-state index in [-0.39, 0.29) is 11.6 Å². The number of anilines is 1. The quantitative estimate of drug-likeness (QED) is 0.475. The number of nitro benzene ring substituents is 1. The van der Waals surface area contributed by atoms with Crippen LogP contribution >= 0.6 is 0 Å². The van der Waals surface area contributed by atoms with Gasteiger partial charge in [0.1, 0.15) is 17.9 Å². The molecule has 30 heavy (non-hydrogen) atoms. The van der Waals surface area contributed by atoms with Crippen LogP contribution in [0.1, 0.15) is 10.4 Å². The summed E-state index contributed by atoms with van der Waals surface area (Å²) in [5.74, 6) is 1.64. The van der Waals surface area contributed by atoms with Crippen LogP contribution in [0.3, 0.4) is 0 Å². The molecule has 0 aliphatic carbocycles. The third kappa shape index (κ3) is 4.35. The first-order chi connectivity index (χ1) is 14.6. The summed E-state index contributed by atoms with van der Waals surface area (Å²) in [6.45, 7) is 2.14. The van der Waals surface area contributed by atoms with Gasteiger partial charge in [-0.3, -0.25) is 14.9 Å². The Hall–Kier alpha value is -4.01. The molecular formula is C21H19N5O4. The van der Waals surface area contributed by atoms with E-state index < -0.39 is 4.92 Å². The molecule has 4 rings (SSSR count). The van der Waals surface area contributed by atoms with Crippen LogP contribution in [0.25, 0.3) is 0 Å². The van der Waals surface area contributed by atoms with E-state index in [0.717, 1.165) is 5.82 Å². The third-order valence-corrected chi connectivity index (χ3v) is 4.79. The number of nitro groups is 1. The fourth-order valence-electron chi connectivity index (χ4n) is 3.24. The highest BCUT2D eigenvalue weighted by Crippen LogP contribution is 2.23. The Bertz CT molecular complexity index is 1050. The fraction of sp³-hybridized carbons (Fsp3) is 0.190. The molecular weight excluding hydrogens is 386 g/mol. The Morgan fingerprint density at radius 3 is 2.47 bits per heavy atom. The molecule has 1 saturated heterocycles. The average Bonchev–Trinajstić information content (AvgIpc) is 2.79. The second kappa shape index (κ2) is 8.56. The third-order valence-electron chi connectivity index (χ3n) is 4.79. The van der Waals surface area contributed by atoms with Gasteiger partial charge >= 0.3 is 0 Å². The zero-order chi connectivity index (χ0) is 20.9. The summed E-state index contributed by atoms with van der Waals surface area (Å²) in [7, 11) is 0. The number of carbonyl (C=O) groups excluding carboxylic acids is 1. The molecule has 0 N–H and O–H groups in total. The minimum Gasteiger partial charge on any atom is -0.439 e. The van der Waals surface area contributed by atoms with Gasteiger partial charge in [-0.05, 0) is 18.2 Å². The summed E-state index contributed by atoms with van der Waals surface area (Å²) in [5.41, 5.74) is 0.227. The van der Waals surface area contributed by atoms with Crippen molar-refractivity contribution in [3.63, 3.8) is 0 Å². The van der Waals surface area contributed by atoms with E-state index in [2.05, 4.69) is 14.9 Å². The Balaban J connectivity index is 1.40. The summed E-state index contributed by atoms with van der Waals surface area (Å²) in [6.07, 6.45) is 1.45. The molecule has 0 bridgehead atoms. The minimum atomic E-state index is -0.501. The van der Waals surface area contributed by atoms with Gasteiger partial charge in [0.05, 0.1) is 4.92 Å². The molecule has 1 fully saturated rings. The zero-order valence-corrected chi connectivity index (χ0v) is 16.0. The Morgan fingerprint density at radius 1 is 0.967 bits per heavy atom. The first kappa shape index (κ1) is 19.3. The van der Waals surface area contributed by atoms with Crippen LogP contribution in [-0.2, 0) is 0 Å². The zero-order valence-electron chi connectivity index (χ0n) is 16.0. The predicted molar refractivity (Wildman–Crippen MR) is 110 cm³/mol. The molecule has 0 spiro atoms. The van der Waals surface area contributed by atoms with Crippen LogP contribution in [0.5, 0.6) is 11.6 Å². The van der Waals surface area contributed by atoms with E-state index in [9.17, 15) is 14.9 Å². The highest BCUT2D eigenvalue weighted by Gasteiger charge is 2.24. The number of benzene rings is 2. The van der Waals surface area contributed by atoms with Crippen molar-refractivity contribution in [1.82, 2.24) is 14.9 Å². The van der Waals surface area contributed by atoms with Crippen LogP contribution in [0.15, 0.2) is 67.0 Å². The fourth-order valence-corrected chi connectivity index (χ4v) is 3.24. The van der Waals surface area contributed by atoms with Gasteiger partial charge in [0.25, 0.3) is 11.6 Å². The summed E-state index contributed by atoms with van der Waals surface area (Å²) in [6, 6.07) is 16.9. The normalized spacial score (nSPS) is 13.7. The smallest absolute Gasteiger partial charge is 0.270 e. The number of piperazine rings is 1. The van der Waals surface area contributed by atoms with Gasteiger partial charge < -0.3 is 14.5 Å². The second-order valence-corrected chi connectivity index (χ2v) is 6.72. The molecule has 9 nitrogen and oxygen atoms in total. The van der Waals surface area contributed by atoms with Crippen LogP contribution in [0, 0.1) is 10.1 Å². The van der Waals surface area contributed by atoms with E-state index in [0.29, 0.717) is 43.4 Å². The van der Waals surface area contributed by atoms with Gasteiger partial charge in [0, 0.05) is 49.9 Å². The van der Waals surface area contributed by atoms with Crippen molar-refractivity contribution in [3.05, 3.63) is 82.7 Å². The topological polar surface area (TPSA) is 102 Å². The van der Waals surface area contributed by atoms with Gasteiger partial charge in [-0.2, -0.15) is 0 Å². The van der Waals surface area contributed by atoms with E-state index in [1.807, 2.05) is 30.3 Å². The van der Waals surface area contributed by atoms with Gasteiger partial charge in [-0.15, -0.1) is 0 Å². The van der Waals surface area contributed by atoms with Crippen molar-refractivity contribution >= 4 is 17.4 Å². The molecule has 1 aliphatic rings. The summed E-state index contributed by atoms with van der Waals surface area (Å²) in [4.78, 5) is 35.4. The summed E-state index contributed by atoms with van der Waals surface area (Å²) >= 11 is 0. The van der Waals surface area contributed by atoms with Crippen molar-refractivity contribution in [2.75, 3.05) is 31.1 Å². The SMILES string of the molecule is O=C(c1cccc([N+](=O)[O-])c1)N1CCN(c2cc(Oc3ccccc3)ncn2)CC1. The van der Waals surface area contributed by atoms with Crippen molar-refractivity contribution < 1.29 is 14.5 Å². The number of hydrogen-bond acceptors (Lipinski definition) is 7. The van der Waals surface area contributed by atoms with Crippen LogP contribution < -0.4 is 9.64 Å². The van der Waals surface area contributed by atoms with Crippen molar-refractivity contribution in [2.45, 2.75) is 0 Å². The molecule has 0 radical (unpaired) electrons. The molecule has 1 amide bonds. The van der Waals surface area contributed by atoms with Crippen LogP contribution in [0.2, 0.25) is 0 Å². The Labute approximate surface area is 172 Å². The van der Waals surface area contributed by atoms with E-state index >= 15 is 0 Å². The van der Waals surface area contributed by atoms with Gasteiger partial charge in [-0.1, -0.05) is 24.3 Å². The summed E-state index contributed by atoms with van der Waals surface area (Å²) < 4.78 is 5.76. The first-order valence-electron chi connectivity index (χ1n) is 9.44. The first-order valence-corrected chi connectivity index (χ1v) is 9.44. The molecule has 0 saturated carbocycles. The maximum absolute atomic E-state index is 12.7. The lowest BCUT2D eigenvalue weighted by Crippen LogP contribution is -2.49. The molecule has 0 atom stereocenters. The number of carbonyl (C=O) groups is 1. The lowest BCUT2D eigenvalue weighted by atomic mass is 10.1. The highest BCUT2D eigenvalue weighted by atomic mass is 16.6. The van der Waals surface area contributed by atoms with Crippen molar-refractivity contribution in [1.29, 1.82) is 0 Å². The van der Waals surface area contributed by atoms with E-state index in [1.165, 1.54) is 24.5 Å². The molecule has 9 heteroatoms. The molecule has 1 aromatic heterocycles. The van der Waals surface area contributed by atoms with Gasteiger partial charge in [0.15, 0.2) is 0 Å². The monoisotopic (exact) mass is 405 g/mol. The maximum Gasteiger partial charge on any atom is 0.270 e. The largest absolute Gasteiger partial charge is 0.439 e. The Kier molecular flexibility index (Phi) is 5.51. The van der Waals surface area contributed by atoms with Crippen molar-refractivity contribution in [3.8, 4) is 11.6 Å². The second-order valence-electron chi connectivity index (χ2n) is 6.72. The Morgan fingerprint density at radius 2 is 1.73 bits per heavy atom. The number of aromatic nitrogens is 2. The molecule has 1 aliphatic heterocycles. The number of rotatable bonds is 5. The number of amides is 1. The average molecular weight is 405 g/mol. The number of nitrogens with zero attached hydrogens (tertiary/aromatic N) is 5. The molecule has 2 aromatic carbocycles. The van der Waals surface area contributed by atoms with Crippen molar-refractivity contribution in [2.24, 2.45) is 0 Å². The number of ether oxygens (including phenoxy) is 1. The number of para-hydroxylation sites is 1. The number of hydrogen-bond donors (Lipinski definition) is 0. The minimum absolute atomic E-state index is 0.0913. The number of non-ortho nitro benzene ring substituents is 1. The van der Waals surface area contributed by atoms with Crippen LogP contribution in [0.4, 0.5) is 11.5 Å². The molecule has 2 heterocycles. The van der Waals surface area contributed by atoms with Crippen LogP contribution in [-0.4, -0.2) is 51.9 Å². The predicted octanol–water partition coefficient (Wildman–Crippen LogP) is 3.14. The highest BCUT2D eigenvalue weighted by molar-refractivity contribution is 5.95. The molecule has 0 unspecified atom stereocenters. The lowest BCUT2D eigenvalue weighted by molar-refractivity contribution is -0.384. The standard InChI is InChI=1S/C21H19N5O4/c27-21(16-5-4-6-17(13-16)26(28)29)25-11-9-24(10-12-25)19-14-20(23-15-22-19)30-18-7-2-1-3-8-18/h1-8,13-15H,9-12H2. The van der Waals surface area contributed by atoms with Gasteiger partial charge in [-0.25, -0.2) is 9.97 Å². The van der Waals surface area contributed by atoms with Gasteiger partial charge in [0.2, 0.25) is 5.88 Å².